The van der Waals surface area contributed by atoms with Crippen LogP contribution in [-0.4, -0.2) is 27.0 Å². The minimum Gasteiger partial charge on any atom is -0.326 e. The lowest BCUT2D eigenvalue weighted by Crippen LogP contribution is -2.25. The summed E-state index contributed by atoms with van der Waals surface area (Å²) in [5.41, 5.74) is 7.14. The second-order valence-corrected chi connectivity index (χ2v) is 7.48. The molecular formula is C14H24N2O2S2. The highest BCUT2D eigenvalue weighted by Gasteiger charge is 2.16. The molecule has 0 spiro atoms. The van der Waals surface area contributed by atoms with Crippen LogP contribution in [0.5, 0.6) is 0 Å². The van der Waals surface area contributed by atoms with Crippen molar-refractivity contribution in [3.8, 4) is 0 Å². The van der Waals surface area contributed by atoms with Gasteiger partial charge in [-0.3, -0.25) is 0 Å². The van der Waals surface area contributed by atoms with Crippen LogP contribution in [0.3, 0.4) is 0 Å². The minimum absolute atomic E-state index is 0.338. The van der Waals surface area contributed by atoms with Crippen LogP contribution in [0.1, 0.15) is 30.4 Å². The Bertz CT molecular complexity index is 516. The van der Waals surface area contributed by atoms with Crippen LogP contribution in [0.15, 0.2) is 23.1 Å². The van der Waals surface area contributed by atoms with Crippen molar-refractivity contribution in [2.75, 3.05) is 18.6 Å². The van der Waals surface area contributed by atoms with Crippen LogP contribution in [0.2, 0.25) is 0 Å². The van der Waals surface area contributed by atoms with Gasteiger partial charge in [0.15, 0.2) is 0 Å². The van der Waals surface area contributed by atoms with Gasteiger partial charge in [0.1, 0.15) is 0 Å². The van der Waals surface area contributed by atoms with Crippen molar-refractivity contribution in [1.29, 1.82) is 0 Å². The molecule has 1 aromatic rings. The number of sulfonamides is 1. The van der Waals surface area contributed by atoms with E-state index in [0.29, 0.717) is 18.0 Å². The van der Waals surface area contributed by atoms with Crippen molar-refractivity contribution in [3.63, 3.8) is 0 Å². The molecule has 0 aromatic heterocycles. The second kappa shape index (κ2) is 8.67. The predicted octanol–water partition coefficient (Wildman–Crippen LogP) is 2.27. The van der Waals surface area contributed by atoms with Crippen molar-refractivity contribution in [1.82, 2.24) is 4.72 Å². The molecule has 1 rings (SSSR count). The van der Waals surface area contributed by atoms with Crippen LogP contribution in [0.4, 0.5) is 0 Å². The maximum atomic E-state index is 12.3. The van der Waals surface area contributed by atoms with Gasteiger partial charge in [-0.05, 0) is 49.0 Å². The quantitative estimate of drug-likeness (QED) is 0.686. The van der Waals surface area contributed by atoms with E-state index in [1.807, 2.05) is 17.8 Å². The van der Waals surface area contributed by atoms with E-state index >= 15 is 0 Å². The third kappa shape index (κ3) is 5.44. The number of benzene rings is 1. The van der Waals surface area contributed by atoms with Crippen molar-refractivity contribution in [2.45, 2.75) is 37.6 Å². The van der Waals surface area contributed by atoms with E-state index in [1.165, 1.54) is 0 Å². The lowest BCUT2D eigenvalue weighted by atomic mass is 10.1. The summed E-state index contributed by atoms with van der Waals surface area (Å²) in [6, 6.07) is 5.32. The third-order valence-electron chi connectivity index (χ3n) is 3.10. The average Bonchev–Trinajstić information content (AvgIpc) is 2.43. The number of aryl methyl sites for hydroxylation is 1. The third-order valence-corrected chi connectivity index (χ3v) is 5.40. The Morgan fingerprint density at radius 2 is 2.00 bits per heavy atom. The minimum atomic E-state index is -3.43. The lowest BCUT2D eigenvalue weighted by Gasteiger charge is -2.10. The summed E-state index contributed by atoms with van der Waals surface area (Å²) in [6.07, 6.45) is 5.13. The largest absolute Gasteiger partial charge is 0.326 e. The van der Waals surface area contributed by atoms with Gasteiger partial charge in [-0.2, -0.15) is 11.8 Å². The molecule has 0 amide bonds. The Morgan fingerprint density at radius 3 is 2.65 bits per heavy atom. The molecule has 0 aliphatic carbocycles. The zero-order valence-corrected chi connectivity index (χ0v) is 13.8. The Kier molecular flexibility index (Phi) is 7.58. The van der Waals surface area contributed by atoms with Crippen molar-refractivity contribution in [3.05, 3.63) is 29.3 Å². The van der Waals surface area contributed by atoms with Crippen LogP contribution in [-0.2, 0) is 16.6 Å². The van der Waals surface area contributed by atoms with Gasteiger partial charge in [0.2, 0.25) is 10.0 Å². The number of hydrogen-bond donors (Lipinski definition) is 2. The molecule has 6 heteroatoms. The van der Waals surface area contributed by atoms with E-state index in [2.05, 4.69) is 11.0 Å². The number of rotatable bonds is 9. The fourth-order valence-corrected chi connectivity index (χ4v) is 3.75. The fraction of sp³-hybridized carbons (Fsp3) is 0.571. The highest BCUT2D eigenvalue weighted by atomic mass is 32.2. The number of unbranched alkanes of at least 4 members (excludes halogenated alkanes) is 2. The SMILES string of the molecule is CSCCCCCNS(=O)(=O)c1cc(CN)ccc1C. The van der Waals surface area contributed by atoms with Gasteiger partial charge >= 0.3 is 0 Å². The molecule has 0 heterocycles. The van der Waals surface area contributed by atoms with E-state index in [4.69, 9.17) is 5.73 Å². The van der Waals surface area contributed by atoms with E-state index in [1.54, 1.807) is 19.1 Å². The van der Waals surface area contributed by atoms with E-state index < -0.39 is 10.0 Å². The molecule has 0 bridgehead atoms. The van der Waals surface area contributed by atoms with Crippen molar-refractivity contribution < 1.29 is 8.42 Å². The normalized spacial score (nSPS) is 11.8. The summed E-state index contributed by atoms with van der Waals surface area (Å²) in [6.45, 7) is 2.63. The molecule has 0 aliphatic rings. The summed E-state index contributed by atoms with van der Waals surface area (Å²) in [5.74, 6) is 1.13. The van der Waals surface area contributed by atoms with Gasteiger partial charge in [0.05, 0.1) is 4.90 Å². The van der Waals surface area contributed by atoms with Gasteiger partial charge < -0.3 is 5.73 Å². The summed E-state index contributed by atoms with van der Waals surface area (Å²) in [7, 11) is -3.43. The highest BCUT2D eigenvalue weighted by molar-refractivity contribution is 7.98. The molecule has 0 fully saturated rings. The molecule has 0 atom stereocenters. The first-order chi connectivity index (χ1) is 9.51. The van der Waals surface area contributed by atoms with Gasteiger partial charge in [-0.25, -0.2) is 13.1 Å². The van der Waals surface area contributed by atoms with Gasteiger partial charge in [0.25, 0.3) is 0 Å². The predicted molar refractivity (Wildman–Crippen MR) is 86.5 cm³/mol. The second-order valence-electron chi connectivity index (χ2n) is 4.76. The number of nitrogens with one attached hydrogen (secondary N) is 1. The summed E-state index contributed by atoms with van der Waals surface area (Å²) < 4.78 is 27.2. The number of nitrogens with two attached hydrogens (primary N) is 1. The van der Waals surface area contributed by atoms with Crippen LogP contribution in [0.25, 0.3) is 0 Å². The highest BCUT2D eigenvalue weighted by Crippen LogP contribution is 2.17. The maximum absolute atomic E-state index is 12.3. The van der Waals surface area contributed by atoms with Crippen LogP contribution < -0.4 is 10.5 Å². The molecule has 1 aromatic carbocycles. The van der Waals surface area contributed by atoms with Gasteiger partial charge in [0, 0.05) is 13.1 Å². The van der Waals surface area contributed by atoms with Gasteiger partial charge in [-0.15, -0.1) is 0 Å². The molecular weight excluding hydrogens is 292 g/mol. The molecule has 0 unspecified atom stereocenters. The van der Waals surface area contributed by atoms with E-state index in [9.17, 15) is 8.42 Å². The summed E-state index contributed by atoms with van der Waals surface area (Å²) in [4.78, 5) is 0.338. The number of thioether (sulfide) groups is 1. The Balaban J connectivity index is 2.60. The van der Waals surface area contributed by atoms with Crippen LogP contribution in [0, 0.1) is 6.92 Å². The Hall–Kier alpha value is -0.560. The van der Waals surface area contributed by atoms with Crippen molar-refractivity contribution >= 4 is 21.8 Å². The molecule has 20 heavy (non-hydrogen) atoms. The first-order valence-corrected chi connectivity index (χ1v) is 9.67. The molecule has 0 saturated carbocycles. The molecule has 3 N–H and O–H groups in total. The number of hydrogen-bond acceptors (Lipinski definition) is 4. The first kappa shape index (κ1) is 17.5. The standard InChI is InChI=1S/C14H24N2O2S2/c1-12-6-7-13(11-15)10-14(12)20(17,18)16-8-4-3-5-9-19-2/h6-7,10,16H,3-5,8-9,11,15H2,1-2H3. The first-order valence-electron chi connectivity index (χ1n) is 6.79. The monoisotopic (exact) mass is 316 g/mol. The average molecular weight is 316 g/mol. The molecule has 114 valence electrons. The lowest BCUT2D eigenvalue weighted by molar-refractivity contribution is 0.575. The zero-order chi connectivity index (χ0) is 15.0. The zero-order valence-electron chi connectivity index (χ0n) is 12.2. The molecule has 0 radical (unpaired) electrons. The topological polar surface area (TPSA) is 72.2 Å². The fourth-order valence-electron chi connectivity index (χ4n) is 1.89. The van der Waals surface area contributed by atoms with Gasteiger partial charge in [-0.1, -0.05) is 18.6 Å². The molecule has 0 aliphatic heterocycles. The van der Waals surface area contributed by atoms with E-state index in [-0.39, 0.29) is 0 Å². The Morgan fingerprint density at radius 1 is 1.25 bits per heavy atom. The summed E-state index contributed by atoms with van der Waals surface area (Å²) >= 11 is 1.82. The summed E-state index contributed by atoms with van der Waals surface area (Å²) in [5, 5.41) is 0. The van der Waals surface area contributed by atoms with Crippen molar-refractivity contribution in [2.24, 2.45) is 5.73 Å². The van der Waals surface area contributed by atoms with E-state index in [0.717, 1.165) is 36.1 Å². The maximum Gasteiger partial charge on any atom is 0.240 e. The molecule has 0 saturated heterocycles. The van der Waals surface area contributed by atoms with Crippen LogP contribution >= 0.6 is 11.8 Å². The molecule has 4 nitrogen and oxygen atoms in total. The Labute approximate surface area is 126 Å². The smallest absolute Gasteiger partial charge is 0.240 e.